The second-order valence-electron chi connectivity index (χ2n) is 3.01. The van der Waals surface area contributed by atoms with Crippen LogP contribution in [-0.4, -0.2) is 16.3 Å². The standard InChI is InChI=1S/C10H15N3/c1-3-4-5-6-11-7-10-8-12-13(2)9-10/h1,8-9,11H,4-7H2,2H3. The Hall–Kier alpha value is -1.27. The molecule has 3 nitrogen and oxygen atoms in total. The molecule has 0 saturated carbocycles. The van der Waals surface area contributed by atoms with Gasteiger partial charge in [0.15, 0.2) is 0 Å². The molecule has 0 aliphatic heterocycles. The Kier molecular flexibility index (Phi) is 4.07. The molecule has 1 rings (SSSR count). The molecule has 1 N–H and O–H groups in total. The van der Waals surface area contributed by atoms with Crippen LogP contribution in [0.15, 0.2) is 12.4 Å². The second kappa shape index (κ2) is 5.39. The number of unbranched alkanes of at least 4 members (excludes halogenated alkanes) is 1. The molecule has 0 unspecified atom stereocenters. The highest BCUT2D eigenvalue weighted by Crippen LogP contribution is 1.94. The fraction of sp³-hybridized carbons (Fsp3) is 0.500. The highest BCUT2D eigenvalue weighted by atomic mass is 15.2. The van der Waals surface area contributed by atoms with Crippen LogP contribution in [0.2, 0.25) is 0 Å². The molecular formula is C10H15N3. The van der Waals surface area contributed by atoms with Crippen LogP contribution in [-0.2, 0) is 13.6 Å². The van der Waals surface area contributed by atoms with Crippen molar-refractivity contribution >= 4 is 0 Å². The summed E-state index contributed by atoms with van der Waals surface area (Å²) in [5.74, 6) is 2.61. The number of aromatic nitrogens is 2. The van der Waals surface area contributed by atoms with Crippen LogP contribution >= 0.6 is 0 Å². The maximum atomic E-state index is 5.13. The van der Waals surface area contributed by atoms with E-state index in [1.54, 1.807) is 4.68 Å². The van der Waals surface area contributed by atoms with Crippen LogP contribution in [0.4, 0.5) is 0 Å². The molecule has 1 aromatic rings. The van der Waals surface area contributed by atoms with E-state index < -0.39 is 0 Å². The van der Waals surface area contributed by atoms with Gasteiger partial charge in [-0.1, -0.05) is 0 Å². The van der Waals surface area contributed by atoms with Crippen molar-refractivity contribution in [1.29, 1.82) is 0 Å². The lowest BCUT2D eigenvalue weighted by Crippen LogP contribution is -2.13. The van der Waals surface area contributed by atoms with Gasteiger partial charge in [-0.15, -0.1) is 12.3 Å². The van der Waals surface area contributed by atoms with Gasteiger partial charge in [0.1, 0.15) is 0 Å². The molecule has 13 heavy (non-hydrogen) atoms. The number of nitrogens with zero attached hydrogens (tertiary/aromatic N) is 2. The van der Waals surface area contributed by atoms with Gasteiger partial charge in [0, 0.05) is 31.8 Å². The summed E-state index contributed by atoms with van der Waals surface area (Å²) in [6.07, 6.45) is 10.9. The third-order valence-electron chi connectivity index (χ3n) is 1.76. The van der Waals surface area contributed by atoms with Crippen molar-refractivity contribution < 1.29 is 0 Å². The van der Waals surface area contributed by atoms with E-state index in [0.29, 0.717) is 0 Å². The number of terminal acetylenes is 1. The van der Waals surface area contributed by atoms with E-state index in [9.17, 15) is 0 Å². The molecule has 70 valence electrons. The maximum absolute atomic E-state index is 5.13. The first-order valence-electron chi connectivity index (χ1n) is 4.44. The summed E-state index contributed by atoms with van der Waals surface area (Å²) in [4.78, 5) is 0. The minimum Gasteiger partial charge on any atom is -0.313 e. The van der Waals surface area contributed by atoms with E-state index in [0.717, 1.165) is 25.9 Å². The molecule has 0 aromatic carbocycles. The first-order valence-corrected chi connectivity index (χ1v) is 4.44. The normalized spacial score (nSPS) is 9.85. The van der Waals surface area contributed by atoms with E-state index in [2.05, 4.69) is 16.3 Å². The molecule has 1 heterocycles. The Balaban J connectivity index is 2.10. The zero-order valence-electron chi connectivity index (χ0n) is 7.95. The third-order valence-corrected chi connectivity index (χ3v) is 1.76. The van der Waals surface area contributed by atoms with Crippen LogP contribution in [0, 0.1) is 12.3 Å². The van der Waals surface area contributed by atoms with Gasteiger partial charge in [0.05, 0.1) is 6.20 Å². The first kappa shape index (κ1) is 9.82. The summed E-state index contributed by atoms with van der Waals surface area (Å²) >= 11 is 0. The fourth-order valence-corrected chi connectivity index (χ4v) is 1.11. The summed E-state index contributed by atoms with van der Waals surface area (Å²) in [5.41, 5.74) is 1.21. The molecule has 0 atom stereocenters. The van der Waals surface area contributed by atoms with Crippen molar-refractivity contribution in [2.45, 2.75) is 19.4 Å². The van der Waals surface area contributed by atoms with Gasteiger partial charge in [-0.05, 0) is 13.0 Å². The van der Waals surface area contributed by atoms with E-state index in [-0.39, 0.29) is 0 Å². The molecule has 0 radical (unpaired) electrons. The minimum atomic E-state index is 0.847. The summed E-state index contributed by atoms with van der Waals surface area (Å²) in [5, 5.41) is 7.38. The summed E-state index contributed by atoms with van der Waals surface area (Å²) in [6.45, 7) is 1.84. The lowest BCUT2D eigenvalue weighted by Gasteiger charge is -1.99. The first-order chi connectivity index (χ1) is 6.33. The van der Waals surface area contributed by atoms with Gasteiger partial charge in [0.25, 0.3) is 0 Å². The number of nitrogens with one attached hydrogen (secondary N) is 1. The molecule has 0 bridgehead atoms. The molecular weight excluding hydrogens is 162 g/mol. The Morgan fingerprint density at radius 1 is 1.69 bits per heavy atom. The molecule has 0 aliphatic carbocycles. The summed E-state index contributed by atoms with van der Waals surface area (Å²) in [6, 6.07) is 0. The molecule has 3 heteroatoms. The average Bonchev–Trinajstić information content (AvgIpc) is 2.51. The highest BCUT2D eigenvalue weighted by molar-refractivity contribution is 5.02. The molecule has 0 saturated heterocycles. The van der Waals surface area contributed by atoms with E-state index in [1.165, 1.54) is 5.56 Å². The van der Waals surface area contributed by atoms with Crippen molar-refractivity contribution in [1.82, 2.24) is 15.1 Å². The van der Waals surface area contributed by atoms with Gasteiger partial charge < -0.3 is 5.32 Å². The second-order valence-corrected chi connectivity index (χ2v) is 3.01. The molecule has 0 spiro atoms. The quantitative estimate of drug-likeness (QED) is 0.535. The largest absolute Gasteiger partial charge is 0.313 e. The van der Waals surface area contributed by atoms with Gasteiger partial charge in [-0.3, -0.25) is 4.68 Å². The van der Waals surface area contributed by atoms with Crippen LogP contribution in [0.3, 0.4) is 0 Å². The Morgan fingerprint density at radius 2 is 2.54 bits per heavy atom. The van der Waals surface area contributed by atoms with Crippen molar-refractivity contribution in [3.8, 4) is 12.3 Å². The minimum absolute atomic E-state index is 0.847. The molecule has 0 aliphatic rings. The monoisotopic (exact) mass is 177 g/mol. The molecule has 0 fully saturated rings. The maximum Gasteiger partial charge on any atom is 0.0534 e. The molecule has 0 amide bonds. The van der Waals surface area contributed by atoms with Gasteiger partial charge in [-0.2, -0.15) is 5.10 Å². The SMILES string of the molecule is C#CCCCNCc1cnn(C)c1. The van der Waals surface area contributed by atoms with E-state index in [1.807, 2.05) is 19.4 Å². The number of hydrogen-bond donors (Lipinski definition) is 1. The highest BCUT2D eigenvalue weighted by Gasteiger charge is 1.93. The van der Waals surface area contributed by atoms with Crippen molar-refractivity contribution in [2.24, 2.45) is 7.05 Å². The zero-order valence-corrected chi connectivity index (χ0v) is 7.95. The van der Waals surface area contributed by atoms with Crippen molar-refractivity contribution in [2.75, 3.05) is 6.54 Å². The summed E-state index contributed by atoms with van der Waals surface area (Å²) < 4.78 is 1.80. The zero-order chi connectivity index (χ0) is 9.52. The Morgan fingerprint density at radius 3 is 3.15 bits per heavy atom. The van der Waals surface area contributed by atoms with Crippen molar-refractivity contribution in [3.63, 3.8) is 0 Å². The molecule has 1 aromatic heterocycles. The van der Waals surface area contributed by atoms with Crippen LogP contribution < -0.4 is 5.32 Å². The van der Waals surface area contributed by atoms with Crippen LogP contribution in [0.25, 0.3) is 0 Å². The lowest BCUT2D eigenvalue weighted by atomic mass is 10.3. The number of hydrogen-bond acceptors (Lipinski definition) is 2. The average molecular weight is 177 g/mol. The summed E-state index contributed by atoms with van der Waals surface area (Å²) in [7, 11) is 1.92. The lowest BCUT2D eigenvalue weighted by molar-refractivity contribution is 0.658. The van der Waals surface area contributed by atoms with E-state index in [4.69, 9.17) is 6.42 Å². The predicted molar refractivity (Wildman–Crippen MR) is 53.0 cm³/mol. The predicted octanol–water partition coefficient (Wildman–Crippen LogP) is 0.923. The van der Waals surface area contributed by atoms with Crippen molar-refractivity contribution in [3.05, 3.63) is 18.0 Å². The van der Waals surface area contributed by atoms with Gasteiger partial charge >= 0.3 is 0 Å². The Bertz CT molecular complexity index is 283. The number of rotatable bonds is 5. The third kappa shape index (κ3) is 3.77. The topological polar surface area (TPSA) is 29.9 Å². The Labute approximate surface area is 79.1 Å². The van der Waals surface area contributed by atoms with Gasteiger partial charge in [-0.25, -0.2) is 0 Å². The van der Waals surface area contributed by atoms with Gasteiger partial charge in [0.2, 0.25) is 0 Å². The number of aryl methyl sites for hydroxylation is 1. The van der Waals surface area contributed by atoms with E-state index >= 15 is 0 Å². The smallest absolute Gasteiger partial charge is 0.0534 e. The van der Waals surface area contributed by atoms with Crippen LogP contribution in [0.5, 0.6) is 0 Å². The fourth-order valence-electron chi connectivity index (χ4n) is 1.11. The van der Waals surface area contributed by atoms with Crippen LogP contribution in [0.1, 0.15) is 18.4 Å².